The molecule has 0 saturated heterocycles. The molecule has 0 aromatic heterocycles. The summed E-state index contributed by atoms with van der Waals surface area (Å²) in [5.74, 6) is -0.608. The van der Waals surface area contributed by atoms with Crippen molar-refractivity contribution in [1.29, 1.82) is 0 Å². The van der Waals surface area contributed by atoms with Crippen molar-refractivity contribution >= 4 is 21.9 Å². The number of rotatable bonds is 7. The zero-order valence-corrected chi connectivity index (χ0v) is 12.4. The molecule has 0 amide bonds. The predicted octanol–water partition coefficient (Wildman–Crippen LogP) is 0.674. The average molecular weight is 302 g/mol. The average Bonchev–Trinajstić information content (AvgIpc) is 2.40. The number of hydrogen-bond donors (Lipinski definition) is 2. The largest absolute Gasteiger partial charge is 0.465 e. The van der Waals surface area contributed by atoms with Gasteiger partial charge in [-0.25, -0.2) is 4.79 Å². The van der Waals surface area contributed by atoms with Crippen LogP contribution in [-0.4, -0.2) is 41.8 Å². The number of esters is 1. The van der Waals surface area contributed by atoms with Gasteiger partial charge in [0.15, 0.2) is 0 Å². The normalized spacial score (nSPS) is 11.2. The van der Waals surface area contributed by atoms with E-state index in [1.165, 1.54) is 20.3 Å². The lowest BCUT2D eigenvalue weighted by molar-refractivity contribution is 0.0602. The van der Waals surface area contributed by atoms with Crippen LogP contribution in [0.1, 0.15) is 15.9 Å². The number of aryl methyl sites for hydroxylation is 1. The molecule has 0 aliphatic heterocycles. The van der Waals surface area contributed by atoms with Gasteiger partial charge in [0.05, 0.1) is 25.0 Å². The van der Waals surface area contributed by atoms with Gasteiger partial charge < -0.3 is 9.47 Å². The number of nitrogens with one attached hydrogen (secondary N) is 2. The Morgan fingerprint density at radius 2 is 2.00 bits per heavy atom. The number of methoxy groups -OCH3 is 2. The van der Waals surface area contributed by atoms with E-state index in [1.54, 1.807) is 19.1 Å². The van der Waals surface area contributed by atoms with Gasteiger partial charge in [-0.2, -0.15) is 13.1 Å². The summed E-state index contributed by atoms with van der Waals surface area (Å²) in [5.41, 5.74) is 1.14. The Hall–Kier alpha value is -1.64. The van der Waals surface area contributed by atoms with Crippen molar-refractivity contribution in [2.75, 3.05) is 32.1 Å². The standard InChI is InChI=1S/C12H18N2O5S/c1-9-4-5-11(10(8-9)12(15)19-3)14-20(16,17)13-6-7-18-2/h4-5,8,13-14H,6-7H2,1-3H3. The molecule has 0 heterocycles. The zero-order chi connectivity index (χ0) is 15.2. The Labute approximate surface area is 118 Å². The van der Waals surface area contributed by atoms with Crippen LogP contribution in [0.5, 0.6) is 0 Å². The molecule has 1 aromatic rings. The van der Waals surface area contributed by atoms with Crippen LogP contribution in [0.4, 0.5) is 5.69 Å². The second-order valence-corrected chi connectivity index (χ2v) is 5.53. The van der Waals surface area contributed by atoms with E-state index in [-0.39, 0.29) is 24.4 Å². The van der Waals surface area contributed by atoms with Crippen molar-refractivity contribution in [3.05, 3.63) is 29.3 Å². The first-order valence-electron chi connectivity index (χ1n) is 5.85. The summed E-state index contributed by atoms with van der Waals surface area (Å²) in [7, 11) is -1.07. The zero-order valence-electron chi connectivity index (χ0n) is 11.6. The molecule has 1 aromatic carbocycles. The highest BCUT2D eigenvalue weighted by Crippen LogP contribution is 2.19. The number of ether oxygens (including phenoxy) is 2. The lowest BCUT2D eigenvalue weighted by Gasteiger charge is -2.12. The van der Waals surface area contributed by atoms with Gasteiger partial charge in [-0.3, -0.25) is 4.72 Å². The summed E-state index contributed by atoms with van der Waals surface area (Å²) in [6.07, 6.45) is 0. The van der Waals surface area contributed by atoms with E-state index in [4.69, 9.17) is 4.74 Å². The summed E-state index contributed by atoms with van der Waals surface area (Å²) >= 11 is 0. The Balaban J connectivity index is 2.94. The fourth-order valence-corrected chi connectivity index (χ4v) is 2.38. The molecule has 0 unspecified atom stereocenters. The molecular formula is C12H18N2O5S. The number of benzene rings is 1. The quantitative estimate of drug-likeness (QED) is 0.570. The summed E-state index contributed by atoms with van der Waals surface area (Å²) in [5, 5.41) is 0. The number of hydrogen-bond acceptors (Lipinski definition) is 5. The van der Waals surface area contributed by atoms with Crippen molar-refractivity contribution < 1.29 is 22.7 Å². The summed E-state index contributed by atoms with van der Waals surface area (Å²) in [4.78, 5) is 11.6. The van der Waals surface area contributed by atoms with Gasteiger partial charge >= 0.3 is 5.97 Å². The summed E-state index contributed by atoms with van der Waals surface area (Å²) in [6.45, 7) is 2.17. The van der Waals surface area contributed by atoms with E-state index >= 15 is 0 Å². The molecule has 0 aliphatic carbocycles. The maximum absolute atomic E-state index is 11.8. The van der Waals surface area contributed by atoms with Crippen molar-refractivity contribution in [2.45, 2.75) is 6.92 Å². The highest BCUT2D eigenvalue weighted by Gasteiger charge is 2.16. The van der Waals surface area contributed by atoms with Crippen molar-refractivity contribution in [1.82, 2.24) is 4.72 Å². The number of carbonyl (C=O) groups excluding carboxylic acids is 1. The molecule has 0 fully saturated rings. The number of carbonyl (C=O) groups is 1. The van der Waals surface area contributed by atoms with E-state index < -0.39 is 16.2 Å². The molecule has 0 aliphatic rings. The van der Waals surface area contributed by atoms with Gasteiger partial charge in [-0.15, -0.1) is 0 Å². The Kier molecular flexibility index (Phi) is 5.93. The molecular weight excluding hydrogens is 284 g/mol. The van der Waals surface area contributed by atoms with Crippen LogP contribution in [0, 0.1) is 6.92 Å². The van der Waals surface area contributed by atoms with Gasteiger partial charge in [0.1, 0.15) is 0 Å². The van der Waals surface area contributed by atoms with Crippen molar-refractivity contribution in [3.63, 3.8) is 0 Å². The summed E-state index contributed by atoms with van der Waals surface area (Å²) < 4.78 is 37.6. The molecule has 0 radical (unpaired) electrons. The fraction of sp³-hybridized carbons (Fsp3) is 0.417. The number of anilines is 1. The third kappa shape index (κ3) is 4.80. The summed E-state index contributed by atoms with van der Waals surface area (Å²) in [6, 6.07) is 4.76. The minimum Gasteiger partial charge on any atom is -0.465 e. The van der Waals surface area contributed by atoms with Crippen molar-refractivity contribution in [3.8, 4) is 0 Å². The van der Waals surface area contributed by atoms with E-state index in [2.05, 4.69) is 14.2 Å². The highest BCUT2D eigenvalue weighted by atomic mass is 32.2. The first kappa shape index (κ1) is 16.4. The van der Waals surface area contributed by atoms with Crippen LogP contribution in [-0.2, 0) is 19.7 Å². The smallest absolute Gasteiger partial charge is 0.340 e. The molecule has 112 valence electrons. The topological polar surface area (TPSA) is 93.7 Å². The lowest BCUT2D eigenvalue weighted by Crippen LogP contribution is -2.33. The minimum absolute atomic E-state index is 0.130. The van der Waals surface area contributed by atoms with Gasteiger partial charge in [0, 0.05) is 13.7 Å². The molecule has 0 saturated carbocycles. The van der Waals surface area contributed by atoms with Gasteiger partial charge in [-0.05, 0) is 19.1 Å². The molecule has 0 bridgehead atoms. The van der Waals surface area contributed by atoms with E-state index in [0.29, 0.717) is 0 Å². The van der Waals surface area contributed by atoms with Crippen LogP contribution in [0.15, 0.2) is 18.2 Å². The van der Waals surface area contributed by atoms with Crippen LogP contribution in [0.2, 0.25) is 0 Å². The first-order chi connectivity index (χ1) is 9.39. The maximum atomic E-state index is 11.8. The molecule has 0 spiro atoms. The SMILES string of the molecule is COCCNS(=O)(=O)Nc1ccc(C)cc1C(=O)OC. The van der Waals surface area contributed by atoms with Gasteiger partial charge in [-0.1, -0.05) is 11.6 Å². The fourth-order valence-electron chi connectivity index (χ4n) is 1.48. The van der Waals surface area contributed by atoms with Crippen LogP contribution in [0.3, 0.4) is 0 Å². The molecule has 2 N–H and O–H groups in total. The molecule has 0 atom stereocenters. The maximum Gasteiger partial charge on any atom is 0.340 e. The van der Waals surface area contributed by atoms with E-state index in [9.17, 15) is 13.2 Å². The van der Waals surface area contributed by atoms with Crippen LogP contribution in [0.25, 0.3) is 0 Å². The van der Waals surface area contributed by atoms with Crippen LogP contribution >= 0.6 is 0 Å². The molecule has 20 heavy (non-hydrogen) atoms. The van der Waals surface area contributed by atoms with Gasteiger partial charge in [0.25, 0.3) is 10.2 Å². The van der Waals surface area contributed by atoms with Crippen molar-refractivity contribution in [2.24, 2.45) is 0 Å². The lowest BCUT2D eigenvalue weighted by atomic mass is 10.1. The second kappa shape index (κ2) is 7.22. The second-order valence-electron chi connectivity index (χ2n) is 4.03. The molecule has 8 heteroatoms. The Morgan fingerprint density at radius 1 is 1.30 bits per heavy atom. The third-order valence-electron chi connectivity index (χ3n) is 2.42. The van der Waals surface area contributed by atoms with E-state index in [1.807, 2.05) is 0 Å². The van der Waals surface area contributed by atoms with Crippen LogP contribution < -0.4 is 9.44 Å². The highest BCUT2D eigenvalue weighted by molar-refractivity contribution is 7.90. The monoisotopic (exact) mass is 302 g/mol. The first-order valence-corrected chi connectivity index (χ1v) is 7.33. The molecule has 7 nitrogen and oxygen atoms in total. The predicted molar refractivity (Wildman–Crippen MR) is 74.9 cm³/mol. The third-order valence-corrected chi connectivity index (χ3v) is 3.50. The Morgan fingerprint density at radius 3 is 2.60 bits per heavy atom. The molecule has 1 rings (SSSR count). The van der Waals surface area contributed by atoms with Gasteiger partial charge in [0.2, 0.25) is 0 Å². The minimum atomic E-state index is -3.77. The van der Waals surface area contributed by atoms with E-state index in [0.717, 1.165) is 5.56 Å². The Bertz CT molecular complexity index is 571.